The summed E-state index contributed by atoms with van der Waals surface area (Å²) in [6.45, 7) is 4.98. The molecule has 8 heteroatoms. The van der Waals surface area contributed by atoms with E-state index in [2.05, 4.69) is 31.0 Å². The Balaban J connectivity index is 2.01. The number of aromatic nitrogens is 1. The van der Waals surface area contributed by atoms with Crippen molar-refractivity contribution in [3.63, 3.8) is 0 Å². The zero-order valence-corrected chi connectivity index (χ0v) is 15.0. The van der Waals surface area contributed by atoms with E-state index < -0.39 is 10.0 Å². The minimum Gasteiger partial charge on any atom is -0.363 e. The number of H-pyrrole nitrogens is 1. The van der Waals surface area contributed by atoms with Crippen molar-refractivity contribution in [1.82, 2.24) is 15.0 Å². The lowest BCUT2D eigenvalue weighted by Crippen LogP contribution is -2.23. The summed E-state index contributed by atoms with van der Waals surface area (Å²) in [7, 11) is -3.49. The second kappa shape index (κ2) is 7.06. The number of aromatic amines is 1. The van der Waals surface area contributed by atoms with Crippen molar-refractivity contribution in [2.24, 2.45) is 0 Å². The minimum absolute atomic E-state index is 0.260. The van der Waals surface area contributed by atoms with Gasteiger partial charge in [0.2, 0.25) is 10.0 Å². The fraction of sp³-hybridized carbons (Fsp3) is 0.385. The zero-order valence-electron chi connectivity index (χ0n) is 11.8. The minimum atomic E-state index is -3.49. The second-order valence-electron chi connectivity index (χ2n) is 4.91. The Morgan fingerprint density at radius 1 is 1.38 bits per heavy atom. The molecule has 2 heterocycles. The van der Waals surface area contributed by atoms with Crippen LogP contribution in [0.15, 0.2) is 33.1 Å². The van der Waals surface area contributed by atoms with Gasteiger partial charge in [-0.15, -0.1) is 11.3 Å². The van der Waals surface area contributed by atoms with Crippen LogP contribution >= 0.6 is 27.3 Å². The van der Waals surface area contributed by atoms with E-state index >= 15 is 0 Å². The van der Waals surface area contributed by atoms with Gasteiger partial charge in [-0.3, -0.25) is 0 Å². The molecule has 0 radical (unpaired) electrons. The molecule has 2 aromatic heterocycles. The molecule has 0 amide bonds. The molecule has 0 aliphatic carbocycles. The summed E-state index contributed by atoms with van der Waals surface area (Å²) in [5.41, 5.74) is 0.848. The highest BCUT2D eigenvalue weighted by Crippen LogP contribution is 2.23. The number of thiophene rings is 1. The summed E-state index contributed by atoms with van der Waals surface area (Å²) in [4.78, 5) is 4.20. The predicted octanol–water partition coefficient (Wildman–Crippen LogP) is 2.82. The average molecular weight is 392 g/mol. The topological polar surface area (TPSA) is 74.0 Å². The van der Waals surface area contributed by atoms with Crippen molar-refractivity contribution in [3.05, 3.63) is 38.8 Å². The first kappa shape index (κ1) is 16.7. The number of hydrogen-bond donors (Lipinski definition) is 3. The van der Waals surface area contributed by atoms with Gasteiger partial charge in [0, 0.05) is 40.4 Å². The molecule has 0 fully saturated rings. The Hall–Kier alpha value is -0.670. The van der Waals surface area contributed by atoms with Crippen molar-refractivity contribution >= 4 is 37.3 Å². The van der Waals surface area contributed by atoms with Gasteiger partial charge in [-0.25, -0.2) is 13.1 Å². The fourth-order valence-electron chi connectivity index (χ4n) is 1.69. The summed E-state index contributed by atoms with van der Waals surface area (Å²) >= 11 is 4.90. The summed E-state index contributed by atoms with van der Waals surface area (Å²) < 4.78 is 28.0. The summed E-state index contributed by atoms with van der Waals surface area (Å²) in [6.07, 6.45) is 1.52. The van der Waals surface area contributed by atoms with Crippen molar-refractivity contribution in [1.29, 1.82) is 0 Å². The molecular formula is C13H18BrN3O2S2. The van der Waals surface area contributed by atoms with E-state index in [9.17, 15) is 8.42 Å². The monoisotopic (exact) mass is 391 g/mol. The Kier molecular flexibility index (Phi) is 5.61. The molecule has 5 nitrogen and oxygen atoms in total. The summed E-state index contributed by atoms with van der Waals surface area (Å²) in [5.74, 6) is 0. The molecule has 0 saturated heterocycles. The second-order valence-corrected chi connectivity index (χ2v) is 8.53. The van der Waals surface area contributed by atoms with E-state index in [1.54, 1.807) is 6.07 Å². The van der Waals surface area contributed by atoms with Crippen LogP contribution in [0.2, 0.25) is 0 Å². The van der Waals surface area contributed by atoms with Gasteiger partial charge in [0.25, 0.3) is 0 Å². The first-order valence-electron chi connectivity index (χ1n) is 6.50. The number of halogens is 1. The predicted molar refractivity (Wildman–Crippen MR) is 88.8 cm³/mol. The normalized spacial score (nSPS) is 12.2. The van der Waals surface area contributed by atoms with Crippen molar-refractivity contribution in [2.75, 3.05) is 0 Å². The van der Waals surface area contributed by atoms with E-state index in [1.165, 1.54) is 17.5 Å². The van der Waals surface area contributed by atoms with Gasteiger partial charge < -0.3 is 10.3 Å². The molecule has 0 aliphatic rings. The Bertz CT molecular complexity index is 692. The molecule has 0 aliphatic heterocycles. The summed E-state index contributed by atoms with van der Waals surface area (Å²) in [5, 5.41) is 5.15. The third-order valence-electron chi connectivity index (χ3n) is 2.84. The van der Waals surface area contributed by atoms with Crippen molar-refractivity contribution in [3.8, 4) is 0 Å². The molecule has 2 aromatic rings. The molecule has 0 saturated carbocycles. The van der Waals surface area contributed by atoms with Gasteiger partial charge in [0.1, 0.15) is 0 Å². The van der Waals surface area contributed by atoms with E-state index in [1.807, 2.05) is 25.3 Å². The van der Waals surface area contributed by atoms with Crippen LogP contribution in [0.4, 0.5) is 0 Å². The van der Waals surface area contributed by atoms with Crippen LogP contribution in [-0.4, -0.2) is 19.4 Å². The van der Waals surface area contributed by atoms with Crippen LogP contribution in [0.25, 0.3) is 0 Å². The molecule has 3 N–H and O–H groups in total. The Morgan fingerprint density at radius 3 is 2.76 bits per heavy atom. The van der Waals surface area contributed by atoms with Gasteiger partial charge in [-0.1, -0.05) is 13.8 Å². The van der Waals surface area contributed by atoms with Crippen LogP contribution < -0.4 is 10.0 Å². The maximum atomic E-state index is 12.2. The first-order valence-corrected chi connectivity index (χ1v) is 9.66. The highest BCUT2D eigenvalue weighted by molar-refractivity contribution is 9.10. The smallest absolute Gasteiger partial charge is 0.242 e. The molecular weight excluding hydrogens is 374 g/mol. The SMILES string of the molecule is CC(C)NCc1cc(S(=O)(=O)NCc2sccc2Br)c[nH]1. The van der Waals surface area contributed by atoms with Crippen molar-refractivity contribution in [2.45, 2.75) is 37.9 Å². The average Bonchev–Trinajstić information content (AvgIpc) is 3.03. The number of sulfonamides is 1. The third-order valence-corrected chi connectivity index (χ3v) is 6.15. The molecule has 21 heavy (non-hydrogen) atoms. The highest BCUT2D eigenvalue weighted by atomic mass is 79.9. The lowest BCUT2D eigenvalue weighted by atomic mass is 10.3. The Labute approximate surface area is 137 Å². The number of rotatable bonds is 7. The molecule has 2 rings (SSSR count). The molecule has 0 spiro atoms. The van der Waals surface area contributed by atoms with E-state index in [4.69, 9.17) is 0 Å². The van der Waals surface area contributed by atoms with Gasteiger partial charge in [0.05, 0.1) is 4.90 Å². The standard InChI is InChI=1S/C13H18BrN3O2S2/c1-9(2)15-6-10-5-11(7-16-10)21(18,19)17-8-13-12(14)3-4-20-13/h3-5,7,9,15-17H,6,8H2,1-2H3. The fourth-order valence-corrected chi connectivity index (χ4v) is 4.22. The first-order chi connectivity index (χ1) is 9.88. The van der Waals surface area contributed by atoms with Crippen LogP contribution in [0.1, 0.15) is 24.4 Å². The molecule has 0 unspecified atom stereocenters. The molecule has 0 bridgehead atoms. The zero-order chi connectivity index (χ0) is 15.5. The van der Waals surface area contributed by atoms with Crippen LogP contribution in [-0.2, 0) is 23.1 Å². The quantitative estimate of drug-likeness (QED) is 0.679. The van der Waals surface area contributed by atoms with E-state index in [-0.39, 0.29) is 11.4 Å². The third kappa shape index (κ3) is 4.65. The number of nitrogens with one attached hydrogen (secondary N) is 3. The van der Waals surface area contributed by atoms with Gasteiger partial charge in [-0.05, 0) is 33.4 Å². The number of hydrogen-bond acceptors (Lipinski definition) is 4. The van der Waals surface area contributed by atoms with Gasteiger partial charge in [0.15, 0.2) is 0 Å². The van der Waals surface area contributed by atoms with Gasteiger partial charge in [-0.2, -0.15) is 0 Å². The van der Waals surface area contributed by atoms with Crippen LogP contribution in [0, 0.1) is 0 Å². The van der Waals surface area contributed by atoms with E-state index in [0.29, 0.717) is 12.6 Å². The molecule has 0 aromatic carbocycles. The molecule has 116 valence electrons. The highest BCUT2D eigenvalue weighted by Gasteiger charge is 2.16. The lowest BCUT2D eigenvalue weighted by Gasteiger charge is -2.05. The lowest BCUT2D eigenvalue weighted by molar-refractivity contribution is 0.580. The van der Waals surface area contributed by atoms with Crippen molar-refractivity contribution < 1.29 is 8.42 Å². The summed E-state index contributed by atoms with van der Waals surface area (Å²) in [6, 6.07) is 3.91. The largest absolute Gasteiger partial charge is 0.363 e. The maximum Gasteiger partial charge on any atom is 0.242 e. The van der Waals surface area contributed by atoms with Crippen LogP contribution in [0.5, 0.6) is 0 Å². The van der Waals surface area contributed by atoms with Crippen LogP contribution in [0.3, 0.4) is 0 Å². The van der Waals surface area contributed by atoms with Gasteiger partial charge >= 0.3 is 0 Å². The van der Waals surface area contributed by atoms with E-state index in [0.717, 1.165) is 15.0 Å². The maximum absolute atomic E-state index is 12.2. The Morgan fingerprint density at radius 2 is 2.14 bits per heavy atom. The molecule has 0 atom stereocenters.